The number of aromatic nitrogens is 2. The molecule has 5 rings (SSSR count). The van der Waals surface area contributed by atoms with E-state index in [9.17, 15) is 9.59 Å². The number of ether oxygens (including phenoxy) is 2. The van der Waals surface area contributed by atoms with E-state index in [0.717, 1.165) is 24.8 Å². The number of thioether (sulfide) groups is 1. The summed E-state index contributed by atoms with van der Waals surface area (Å²) in [6.07, 6.45) is 2.73. The van der Waals surface area contributed by atoms with E-state index in [4.69, 9.17) is 14.5 Å². The molecule has 32 heavy (non-hydrogen) atoms. The number of benzene rings is 2. The number of hydrogen-bond donors (Lipinski definition) is 0. The second-order valence-electron chi connectivity index (χ2n) is 8.15. The Kier molecular flexibility index (Phi) is 5.55. The molecule has 166 valence electrons. The van der Waals surface area contributed by atoms with Gasteiger partial charge >= 0.3 is 0 Å². The van der Waals surface area contributed by atoms with Crippen molar-refractivity contribution < 1.29 is 14.3 Å². The molecule has 1 fully saturated rings. The number of methoxy groups -OCH3 is 2. The minimum Gasteiger partial charge on any atom is -0.493 e. The van der Waals surface area contributed by atoms with Crippen molar-refractivity contribution >= 4 is 28.6 Å². The summed E-state index contributed by atoms with van der Waals surface area (Å²) in [6.45, 7) is 1.19. The van der Waals surface area contributed by atoms with Crippen molar-refractivity contribution in [2.24, 2.45) is 0 Å². The Morgan fingerprint density at radius 1 is 1.12 bits per heavy atom. The highest BCUT2D eigenvalue weighted by molar-refractivity contribution is 7.99. The molecule has 2 aromatic carbocycles. The van der Waals surface area contributed by atoms with Gasteiger partial charge in [-0.1, -0.05) is 23.9 Å². The zero-order valence-electron chi connectivity index (χ0n) is 18.2. The maximum atomic E-state index is 13.0. The summed E-state index contributed by atoms with van der Waals surface area (Å²) in [5, 5.41) is 1.26. The van der Waals surface area contributed by atoms with E-state index >= 15 is 0 Å². The van der Waals surface area contributed by atoms with Crippen LogP contribution in [0.15, 0.2) is 46.3 Å². The molecule has 1 aliphatic carbocycles. The van der Waals surface area contributed by atoms with E-state index in [1.54, 1.807) is 18.8 Å². The Balaban J connectivity index is 1.34. The van der Waals surface area contributed by atoms with E-state index in [1.165, 1.54) is 17.3 Å². The Bertz CT molecular complexity index is 1250. The number of carbonyl (C=O) groups is 1. The molecule has 0 radical (unpaired) electrons. The molecule has 1 aliphatic heterocycles. The summed E-state index contributed by atoms with van der Waals surface area (Å²) in [6, 6.07) is 11.6. The highest BCUT2D eigenvalue weighted by Gasteiger charge is 2.29. The third kappa shape index (κ3) is 3.83. The number of hydrogen-bond acceptors (Lipinski definition) is 6. The number of amides is 1. The number of fused-ring (bicyclic) bond motifs is 2. The summed E-state index contributed by atoms with van der Waals surface area (Å²) in [5.74, 6) is 1.67. The van der Waals surface area contributed by atoms with Crippen LogP contribution < -0.4 is 15.0 Å². The van der Waals surface area contributed by atoms with Crippen LogP contribution in [0.4, 0.5) is 0 Å². The lowest BCUT2D eigenvalue weighted by Crippen LogP contribution is -2.37. The highest BCUT2D eigenvalue weighted by Crippen LogP contribution is 2.37. The summed E-state index contributed by atoms with van der Waals surface area (Å²) < 4.78 is 12.6. The molecule has 1 amide bonds. The first-order valence-electron chi connectivity index (χ1n) is 10.7. The van der Waals surface area contributed by atoms with Crippen LogP contribution in [0.5, 0.6) is 11.5 Å². The molecule has 0 spiro atoms. The number of para-hydroxylation sites is 1. The van der Waals surface area contributed by atoms with Gasteiger partial charge in [-0.05, 0) is 54.7 Å². The zero-order valence-corrected chi connectivity index (χ0v) is 19.0. The maximum absolute atomic E-state index is 13.0. The third-order valence-electron chi connectivity index (χ3n) is 6.08. The Hall–Kier alpha value is -3.00. The molecule has 3 aromatic rings. The van der Waals surface area contributed by atoms with E-state index < -0.39 is 0 Å². The number of nitrogens with zero attached hydrogens (tertiary/aromatic N) is 3. The van der Waals surface area contributed by atoms with E-state index in [0.29, 0.717) is 40.6 Å². The van der Waals surface area contributed by atoms with Crippen LogP contribution in [-0.4, -0.2) is 46.9 Å². The molecular formula is C24H25N3O4S. The first kappa shape index (κ1) is 20.9. The van der Waals surface area contributed by atoms with Crippen LogP contribution in [0.2, 0.25) is 0 Å². The smallest absolute Gasteiger partial charge is 0.262 e. The van der Waals surface area contributed by atoms with Crippen molar-refractivity contribution in [3.8, 4) is 11.5 Å². The minimum atomic E-state index is -0.0130. The van der Waals surface area contributed by atoms with Crippen molar-refractivity contribution in [3.05, 3.63) is 57.9 Å². The van der Waals surface area contributed by atoms with Gasteiger partial charge in [-0.25, -0.2) is 4.98 Å². The van der Waals surface area contributed by atoms with Gasteiger partial charge in [-0.3, -0.25) is 14.2 Å². The van der Waals surface area contributed by atoms with Crippen molar-refractivity contribution in [1.29, 1.82) is 0 Å². The van der Waals surface area contributed by atoms with Crippen LogP contribution in [-0.2, 0) is 17.8 Å². The standard InChI is InChI=1S/C24H25N3O4S/c1-30-20-11-15-9-10-26(13-16(15)12-21(20)31-2)22(28)14-32-24-25-19-6-4-3-5-18(19)23(29)27(24)17-7-8-17/h3-6,11-12,17H,7-10,13-14H2,1-2H3. The SMILES string of the molecule is COc1cc2c(cc1OC)CN(C(=O)CSc1nc3ccccc3c(=O)n1C1CC1)CC2. The number of rotatable bonds is 6. The molecule has 2 heterocycles. The van der Waals surface area contributed by atoms with E-state index in [2.05, 4.69) is 0 Å². The van der Waals surface area contributed by atoms with Gasteiger partial charge in [0.1, 0.15) is 0 Å². The fraction of sp³-hybridized carbons (Fsp3) is 0.375. The molecule has 7 nitrogen and oxygen atoms in total. The van der Waals surface area contributed by atoms with Crippen LogP contribution >= 0.6 is 11.8 Å². The molecule has 0 atom stereocenters. The lowest BCUT2D eigenvalue weighted by atomic mass is 9.99. The fourth-order valence-corrected chi connectivity index (χ4v) is 5.16. The minimum absolute atomic E-state index is 0.0130. The highest BCUT2D eigenvalue weighted by atomic mass is 32.2. The van der Waals surface area contributed by atoms with Crippen LogP contribution in [0, 0.1) is 0 Å². The van der Waals surface area contributed by atoms with Crippen LogP contribution in [0.25, 0.3) is 10.9 Å². The Morgan fingerprint density at radius 3 is 2.56 bits per heavy atom. The first-order chi connectivity index (χ1) is 15.6. The van der Waals surface area contributed by atoms with E-state index in [1.807, 2.05) is 41.3 Å². The summed E-state index contributed by atoms with van der Waals surface area (Å²) in [4.78, 5) is 32.6. The monoisotopic (exact) mass is 451 g/mol. The summed E-state index contributed by atoms with van der Waals surface area (Å²) in [7, 11) is 3.24. The molecule has 0 bridgehead atoms. The second-order valence-corrected chi connectivity index (χ2v) is 9.09. The third-order valence-corrected chi connectivity index (χ3v) is 7.02. The number of carbonyl (C=O) groups excluding carboxylic acids is 1. The topological polar surface area (TPSA) is 73.7 Å². The van der Waals surface area contributed by atoms with Gasteiger partial charge in [0.2, 0.25) is 5.91 Å². The van der Waals surface area contributed by atoms with Crippen molar-refractivity contribution in [3.63, 3.8) is 0 Å². The van der Waals surface area contributed by atoms with Gasteiger partial charge in [-0.2, -0.15) is 0 Å². The normalized spacial score (nSPS) is 15.5. The first-order valence-corrected chi connectivity index (χ1v) is 11.7. The molecule has 1 aromatic heterocycles. The molecule has 1 saturated carbocycles. The molecule has 2 aliphatic rings. The quantitative estimate of drug-likeness (QED) is 0.422. The molecule has 0 saturated heterocycles. The predicted octanol–water partition coefficient (Wildman–Crippen LogP) is 3.43. The van der Waals surface area contributed by atoms with Gasteiger partial charge in [0.15, 0.2) is 16.7 Å². The van der Waals surface area contributed by atoms with Gasteiger partial charge < -0.3 is 14.4 Å². The lowest BCUT2D eigenvalue weighted by molar-refractivity contribution is -0.129. The lowest BCUT2D eigenvalue weighted by Gasteiger charge is -2.29. The largest absolute Gasteiger partial charge is 0.493 e. The zero-order chi connectivity index (χ0) is 22.2. The fourth-order valence-electron chi connectivity index (χ4n) is 4.20. The van der Waals surface area contributed by atoms with Crippen molar-refractivity contribution in [2.45, 2.75) is 37.0 Å². The van der Waals surface area contributed by atoms with E-state index in [-0.39, 0.29) is 23.3 Å². The molecule has 0 unspecified atom stereocenters. The van der Waals surface area contributed by atoms with Crippen LogP contribution in [0.1, 0.15) is 30.0 Å². The second kappa shape index (κ2) is 8.50. The average molecular weight is 452 g/mol. The Morgan fingerprint density at radius 2 is 1.84 bits per heavy atom. The van der Waals surface area contributed by atoms with Gasteiger partial charge in [0.25, 0.3) is 5.56 Å². The van der Waals surface area contributed by atoms with Gasteiger partial charge in [0.05, 0.1) is 30.9 Å². The molecular weight excluding hydrogens is 426 g/mol. The molecule has 0 N–H and O–H groups in total. The van der Waals surface area contributed by atoms with Gasteiger partial charge in [-0.15, -0.1) is 0 Å². The Labute approximate surface area is 190 Å². The van der Waals surface area contributed by atoms with Crippen LogP contribution in [0.3, 0.4) is 0 Å². The van der Waals surface area contributed by atoms with Crippen molar-refractivity contribution in [1.82, 2.24) is 14.5 Å². The average Bonchev–Trinajstić information content (AvgIpc) is 3.66. The summed E-state index contributed by atoms with van der Waals surface area (Å²) in [5.41, 5.74) is 2.92. The van der Waals surface area contributed by atoms with Gasteiger partial charge in [0, 0.05) is 19.1 Å². The summed E-state index contributed by atoms with van der Waals surface area (Å²) >= 11 is 1.36. The predicted molar refractivity (Wildman–Crippen MR) is 124 cm³/mol. The molecule has 8 heteroatoms. The van der Waals surface area contributed by atoms with Crippen molar-refractivity contribution in [2.75, 3.05) is 26.5 Å². The maximum Gasteiger partial charge on any atom is 0.262 e.